The number of aryl methyl sites for hydroxylation is 1. The van der Waals surface area contributed by atoms with Gasteiger partial charge in [-0.1, -0.05) is 0 Å². The van der Waals surface area contributed by atoms with Crippen LogP contribution in [0.4, 0.5) is 36.6 Å². The van der Waals surface area contributed by atoms with Gasteiger partial charge in [-0.2, -0.15) is 4.98 Å². The molecule has 2 unspecified atom stereocenters. The molecular formula is C22H23F3N8. The van der Waals surface area contributed by atoms with Crippen LogP contribution in [0.3, 0.4) is 0 Å². The van der Waals surface area contributed by atoms with Gasteiger partial charge in [0.1, 0.15) is 12.1 Å². The summed E-state index contributed by atoms with van der Waals surface area (Å²) in [7, 11) is 0. The van der Waals surface area contributed by atoms with Crippen LogP contribution < -0.4 is 15.1 Å². The molecule has 2 fully saturated rings. The van der Waals surface area contributed by atoms with Crippen LogP contribution in [0.5, 0.6) is 0 Å². The number of hydrogen-bond donors (Lipinski definition) is 1. The van der Waals surface area contributed by atoms with Gasteiger partial charge in [-0.25, -0.2) is 27.8 Å². The van der Waals surface area contributed by atoms with E-state index < -0.39 is 17.5 Å². The molecule has 0 radical (unpaired) electrons. The van der Waals surface area contributed by atoms with E-state index in [1.54, 1.807) is 11.0 Å². The number of nitrogens with one attached hydrogen (secondary N) is 1. The van der Waals surface area contributed by atoms with Gasteiger partial charge in [-0.3, -0.25) is 0 Å². The van der Waals surface area contributed by atoms with E-state index in [0.717, 1.165) is 43.5 Å². The van der Waals surface area contributed by atoms with Crippen LogP contribution in [-0.2, 0) is 6.54 Å². The van der Waals surface area contributed by atoms with Crippen molar-refractivity contribution in [1.82, 2.24) is 24.7 Å². The SMILES string of the molecule is Cc1cc(N2CC3CC[C@@H](C2)C3Nc2nc3n(n2)CCN3c2ccc(F)c(F)c2F)ncn1. The molecule has 3 aromatic rings. The molecule has 8 nitrogen and oxygen atoms in total. The molecule has 3 aliphatic rings. The number of rotatable bonds is 4. The van der Waals surface area contributed by atoms with Gasteiger partial charge < -0.3 is 15.1 Å². The summed E-state index contributed by atoms with van der Waals surface area (Å²) in [4.78, 5) is 17.1. The molecule has 1 saturated heterocycles. The van der Waals surface area contributed by atoms with Gasteiger partial charge in [0, 0.05) is 37.4 Å². The predicted octanol–water partition coefficient (Wildman–Crippen LogP) is 3.27. The van der Waals surface area contributed by atoms with Crippen LogP contribution in [0, 0.1) is 36.2 Å². The second-order valence-corrected chi connectivity index (χ2v) is 8.99. The van der Waals surface area contributed by atoms with Gasteiger partial charge in [0.15, 0.2) is 17.5 Å². The topological polar surface area (TPSA) is 75.0 Å². The van der Waals surface area contributed by atoms with E-state index in [4.69, 9.17) is 0 Å². The lowest BCUT2D eigenvalue weighted by atomic mass is 9.92. The lowest BCUT2D eigenvalue weighted by molar-refractivity contribution is 0.374. The van der Waals surface area contributed by atoms with Crippen molar-refractivity contribution >= 4 is 23.4 Å². The quantitative estimate of drug-likeness (QED) is 0.604. The van der Waals surface area contributed by atoms with Gasteiger partial charge in [0.05, 0.1) is 12.2 Å². The summed E-state index contributed by atoms with van der Waals surface area (Å²) >= 11 is 0. The van der Waals surface area contributed by atoms with E-state index in [0.29, 0.717) is 36.8 Å². The van der Waals surface area contributed by atoms with Gasteiger partial charge in [-0.15, -0.1) is 5.10 Å². The fraction of sp³-hybridized carbons (Fsp3) is 0.455. The van der Waals surface area contributed by atoms with Crippen LogP contribution in [0.2, 0.25) is 0 Å². The first-order valence-corrected chi connectivity index (χ1v) is 11.1. The van der Waals surface area contributed by atoms with Gasteiger partial charge in [-0.05, 0) is 43.7 Å². The average Bonchev–Trinajstić information content (AvgIpc) is 3.43. The summed E-state index contributed by atoms with van der Waals surface area (Å²) in [5.74, 6) is -1.19. The van der Waals surface area contributed by atoms with Crippen molar-refractivity contribution in [3.05, 3.63) is 47.7 Å². The molecule has 0 amide bonds. The number of halogens is 3. The number of aromatic nitrogens is 5. The summed E-state index contributed by atoms with van der Waals surface area (Å²) in [5, 5.41) is 8.05. The van der Waals surface area contributed by atoms with E-state index in [2.05, 4.69) is 30.3 Å². The Balaban J connectivity index is 1.20. The molecule has 1 aromatic carbocycles. The molecule has 172 valence electrons. The number of anilines is 4. The molecule has 0 spiro atoms. The second kappa shape index (κ2) is 7.60. The molecule has 4 heterocycles. The van der Waals surface area contributed by atoms with Gasteiger partial charge >= 0.3 is 0 Å². The maximum atomic E-state index is 14.4. The Hall–Kier alpha value is -3.37. The minimum absolute atomic E-state index is 0.0416. The van der Waals surface area contributed by atoms with Crippen molar-refractivity contribution in [2.75, 3.05) is 34.8 Å². The van der Waals surface area contributed by atoms with E-state index >= 15 is 0 Å². The van der Waals surface area contributed by atoms with Crippen molar-refractivity contribution in [3.8, 4) is 0 Å². The standard InChI is InChI=1S/C22H23F3N8/c1-12-8-17(27-11-26-12)31-9-13-2-3-14(10-31)20(13)28-21-29-22-32(6-7-33(22)30-21)16-5-4-15(23)18(24)19(16)25/h4-5,8,11,13-14,20H,2-3,6-7,9-10H2,1H3,(H,28,30)/t13-,14?,20?/m0/s1. The highest BCUT2D eigenvalue weighted by molar-refractivity contribution is 5.61. The number of benzene rings is 1. The third kappa shape index (κ3) is 3.37. The Kier molecular flexibility index (Phi) is 4.66. The highest BCUT2D eigenvalue weighted by Gasteiger charge is 2.43. The monoisotopic (exact) mass is 456 g/mol. The zero-order valence-corrected chi connectivity index (χ0v) is 18.0. The van der Waals surface area contributed by atoms with Crippen molar-refractivity contribution < 1.29 is 13.2 Å². The summed E-state index contributed by atoms with van der Waals surface area (Å²) < 4.78 is 43.1. The molecule has 1 N–H and O–H groups in total. The van der Waals surface area contributed by atoms with Crippen LogP contribution in [0.1, 0.15) is 18.5 Å². The molecule has 2 bridgehead atoms. The molecule has 3 atom stereocenters. The minimum Gasteiger partial charge on any atom is -0.356 e. The lowest BCUT2D eigenvalue weighted by Crippen LogP contribution is -2.48. The molecule has 6 rings (SSSR count). The first kappa shape index (κ1) is 20.3. The summed E-state index contributed by atoms with van der Waals surface area (Å²) in [6, 6.07) is 4.41. The predicted molar refractivity (Wildman–Crippen MR) is 116 cm³/mol. The maximum absolute atomic E-state index is 14.4. The average molecular weight is 456 g/mol. The van der Waals surface area contributed by atoms with Crippen LogP contribution in [-0.4, -0.2) is 50.4 Å². The maximum Gasteiger partial charge on any atom is 0.244 e. The molecule has 1 aliphatic carbocycles. The minimum atomic E-state index is -1.48. The van der Waals surface area contributed by atoms with Crippen molar-refractivity contribution in [2.24, 2.45) is 11.8 Å². The highest BCUT2D eigenvalue weighted by atomic mass is 19.2. The third-order valence-electron chi connectivity index (χ3n) is 6.98. The van der Waals surface area contributed by atoms with Gasteiger partial charge in [0.25, 0.3) is 0 Å². The van der Waals surface area contributed by atoms with E-state index in [-0.39, 0.29) is 11.7 Å². The summed E-state index contributed by atoms with van der Waals surface area (Å²) in [6.45, 7) is 4.63. The van der Waals surface area contributed by atoms with E-state index in [1.165, 1.54) is 11.0 Å². The van der Waals surface area contributed by atoms with Crippen LogP contribution in [0.25, 0.3) is 0 Å². The normalized spacial score (nSPS) is 23.8. The smallest absolute Gasteiger partial charge is 0.244 e. The van der Waals surface area contributed by atoms with Crippen LogP contribution in [0.15, 0.2) is 24.5 Å². The molecule has 1 saturated carbocycles. The Bertz CT molecular complexity index is 1200. The van der Waals surface area contributed by atoms with Crippen molar-refractivity contribution in [3.63, 3.8) is 0 Å². The molecule has 2 aromatic heterocycles. The number of nitrogens with zero attached hydrogens (tertiary/aromatic N) is 7. The number of fused-ring (bicyclic) bond motifs is 3. The second-order valence-electron chi connectivity index (χ2n) is 8.99. The number of hydrogen-bond acceptors (Lipinski definition) is 7. The first-order chi connectivity index (χ1) is 16.0. The van der Waals surface area contributed by atoms with Crippen molar-refractivity contribution in [1.29, 1.82) is 0 Å². The van der Waals surface area contributed by atoms with E-state index in [9.17, 15) is 13.2 Å². The Morgan fingerprint density at radius 2 is 1.79 bits per heavy atom. The highest BCUT2D eigenvalue weighted by Crippen LogP contribution is 2.40. The summed E-state index contributed by atoms with van der Waals surface area (Å²) in [5.41, 5.74) is 0.909. The zero-order chi connectivity index (χ0) is 22.7. The fourth-order valence-electron chi connectivity index (χ4n) is 5.40. The Morgan fingerprint density at radius 1 is 1.00 bits per heavy atom. The fourth-order valence-corrected chi connectivity index (χ4v) is 5.40. The molecular weight excluding hydrogens is 433 g/mol. The van der Waals surface area contributed by atoms with Crippen molar-refractivity contribution in [2.45, 2.75) is 32.4 Å². The largest absolute Gasteiger partial charge is 0.356 e. The van der Waals surface area contributed by atoms with Crippen LogP contribution >= 0.6 is 0 Å². The molecule has 11 heteroatoms. The molecule has 33 heavy (non-hydrogen) atoms. The zero-order valence-electron chi connectivity index (χ0n) is 18.0. The van der Waals surface area contributed by atoms with E-state index in [1.807, 2.05) is 13.0 Å². The number of piperidine rings is 1. The summed E-state index contributed by atoms with van der Waals surface area (Å²) in [6.07, 6.45) is 3.83. The van der Waals surface area contributed by atoms with Gasteiger partial charge in [0.2, 0.25) is 11.9 Å². The molecule has 2 aliphatic heterocycles. The third-order valence-corrected chi connectivity index (χ3v) is 6.98. The lowest BCUT2D eigenvalue weighted by Gasteiger charge is -2.38. The first-order valence-electron chi connectivity index (χ1n) is 11.1. The Morgan fingerprint density at radius 3 is 2.55 bits per heavy atom. The Labute approximate surface area is 188 Å².